The number of H-pyrrole nitrogens is 1. The summed E-state index contributed by atoms with van der Waals surface area (Å²) in [5.41, 5.74) is 0.820. The quantitative estimate of drug-likeness (QED) is 0.795. The first kappa shape index (κ1) is 13.5. The standard InChI is InChI=1S/C14H17FN2O2/c1-8-12(13(18)16-7-14(2,3)19)10-6-9(15)4-5-11(10)17-8/h4-6,17,19H,7H2,1-3H3,(H,16,18). The van der Waals surface area contributed by atoms with E-state index in [1.54, 1.807) is 26.8 Å². The molecule has 3 N–H and O–H groups in total. The number of halogens is 1. The minimum Gasteiger partial charge on any atom is -0.389 e. The Bertz CT molecular complexity index is 626. The summed E-state index contributed by atoms with van der Waals surface area (Å²) in [5, 5.41) is 12.8. The van der Waals surface area contributed by atoms with E-state index in [0.29, 0.717) is 22.2 Å². The molecule has 5 heteroatoms. The topological polar surface area (TPSA) is 65.1 Å². The van der Waals surface area contributed by atoms with Crippen molar-refractivity contribution in [1.82, 2.24) is 10.3 Å². The van der Waals surface area contributed by atoms with Gasteiger partial charge in [0.25, 0.3) is 5.91 Å². The Labute approximate surface area is 110 Å². The van der Waals surface area contributed by atoms with Gasteiger partial charge in [-0.05, 0) is 39.0 Å². The molecule has 0 unspecified atom stereocenters. The molecule has 2 aromatic rings. The Morgan fingerprint density at radius 3 is 2.79 bits per heavy atom. The highest BCUT2D eigenvalue weighted by Crippen LogP contribution is 2.23. The van der Waals surface area contributed by atoms with Gasteiger partial charge in [-0.25, -0.2) is 4.39 Å². The number of rotatable bonds is 3. The molecule has 0 bridgehead atoms. The SMILES string of the molecule is Cc1[nH]c2ccc(F)cc2c1C(=O)NCC(C)(C)O. The molecule has 0 aliphatic carbocycles. The Hall–Kier alpha value is -1.88. The fraction of sp³-hybridized carbons (Fsp3) is 0.357. The van der Waals surface area contributed by atoms with Crippen LogP contribution in [-0.4, -0.2) is 28.1 Å². The first-order valence-corrected chi connectivity index (χ1v) is 6.06. The van der Waals surface area contributed by atoms with Crippen molar-refractivity contribution in [2.75, 3.05) is 6.54 Å². The number of carbonyl (C=O) groups is 1. The zero-order chi connectivity index (χ0) is 14.2. The molecule has 0 saturated heterocycles. The number of aryl methyl sites for hydroxylation is 1. The first-order valence-electron chi connectivity index (χ1n) is 6.06. The van der Waals surface area contributed by atoms with Crippen LogP contribution in [0.15, 0.2) is 18.2 Å². The Balaban J connectivity index is 2.36. The van der Waals surface area contributed by atoms with E-state index in [4.69, 9.17) is 0 Å². The molecule has 0 aliphatic rings. The van der Waals surface area contributed by atoms with Gasteiger partial charge < -0.3 is 15.4 Å². The molecule has 19 heavy (non-hydrogen) atoms. The molecule has 1 aromatic carbocycles. The summed E-state index contributed by atoms with van der Waals surface area (Å²) in [6.07, 6.45) is 0. The van der Waals surface area contributed by atoms with E-state index in [1.807, 2.05) is 0 Å². The summed E-state index contributed by atoms with van der Waals surface area (Å²) in [6, 6.07) is 4.28. The van der Waals surface area contributed by atoms with Crippen molar-refractivity contribution in [2.24, 2.45) is 0 Å². The van der Waals surface area contributed by atoms with Gasteiger partial charge in [-0.3, -0.25) is 4.79 Å². The number of aromatic nitrogens is 1. The molecule has 2 rings (SSSR count). The van der Waals surface area contributed by atoms with E-state index >= 15 is 0 Å². The predicted octanol–water partition coefficient (Wildman–Crippen LogP) is 2.12. The zero-order valence-electron chi connectivity index (χ0n) is 11.2. The number of amides is 1. The monoisotopic (exact) mass is 264 g/mol. The smallest absolute Gasteiger partial charge is 0.253 e. The van der Waals surface area contributed by atoms with Crippen LogP contribution in [0, 0.1) is 12.7 Å². The Kier molecular flexibility index (Phi) is 3.32. The third kappa shape index (κ3) is 2.93. The molecule has 4 nitrogen and oxygen atoms in total. The number of nitrogens with one attached hydrogen (secondary N) is 2. The number of aromatic amines is 1. The maximum Gasteiger partial charge on any atom is 0.253 e. The van der Waals surface area contributed by atoms with E-state index in [2.05, 4.69) is 10.3 Å². The molecule has 0 spiro atoms. The number of carbonyl (C=O) groups excluding carboxylic acids is 1. The fourth-order valence-corrected chi connectivity index (χ4v) is 1.98. The predicted molar refractivity (Wildman–Crippen MR) is 71.6 cm³/mol. The lowest BCUT2D eigenvalue weighted by atomic mass is 10.1. The molecular formula is C14H17FN2O2. The normalized spacial score (nSPS) is 11.8. The van der Waals surface area contributed by atoms with Gasteiger partial charge in [-0.1, -0.05) is 0 Å². The highest BCUT2D eigenvalue weighted by molar-refractivity contribution is 6.08. The lowest BCUT2D eigenvalue weighted by Crippen LogP contribution is -2.38. The van der Waals surface area contributed by atoms with Gasteiger partial charge in [0.15, 0.2) is 0 Å². The minimum absolute atomic E-state index is 0.132. The lowest BCUT2D eigenvalue weighted by molar-refractivity contribution is 0.0695. The number of hydrogen-bond acceptors (Lipinski definition) is 2. The van der Waals surface area contributed by atoms with Crippen LogP contribution in [0.2, 0.25) is 0 Å². The third-order valence-corrected chi connectivity index (χ3v) is 2.86. The summed E-state index contributed by atoms with van der Waals surface area (Å²) < 4.78 is 13.3. The molecule has 0 radical (unpaired) electrons. The van der Waals surface area contributed by atoms with Gasteiger partial charge in [0.05, 0.1) is 11.2 Å². The van der Waals surface area contributed by atoms with Crippen molar-refractivity contribution in [2.45, 2.75) is 26.4 Å². The summed E-state index contributed by atoms with van der Waals surface area (Å²) in [6.45, 7) is 5.11. The summed E-state index contributed by atoms with van der Waals surface area (Å²) in [5.74, 6) is -0.709. The molecule has 1 heterocycles. The van der Waals surface area contributed by atoms with Gasteiger partial charge in [0.2, 0.25) is 0 Å². The van der Waals surface area contributed by atoms with Crippen molar-refractivity contribution in [1.29, 1.82) is 0 Å². The van der Waals surface area contributed by atoms with E-state index in [-0.39, 0.29) is 18.3 Å². The average molecular weight is 264 g/mol. The number of hydrogen-bond donors (Lipinski definition) is 3. The van der Waals surface area contributed by atoms with Crippen molar-refractivity contribution in [3.05, 3.63) is 35.3 Å². The second kappa shape index (κ2) is 4.66. The van der Waals surface area contributed by atoms with Crippen molar-refractivity contribution >= 4 is 16.8 Å². The molecule has 0 atom stereocenters. The zero-order valence-corrected chi connectivity index (χ0v) is 11.2. The third-order valence-electron chi connectivity index (χ3n) is 2.86. The number of fused-ring (bicyclic) bond motifs is 1. The fourth-order valence-electron chi connectivity index (χ4n) is 1.98. The van der Waals surface area contributed by atoms with Crippen molar-refractivity contribution in [3.63, 3.8) is 0 Å². The Morgan fingerprint density at radius 2 is 2.16 bits per heavy atom. The van der Waals surface area contributed by atoms with Crippen LogP contribution in [0.1, 0.15) is 29.9 Å². The summed E-state index contributed by atoms with van der Waals surface area (Å²) in [7, 11) is 0. The molecule has 102 valence electrons. The second-order valence-electron chi connectivity index (χ2n) is 5.31. The average Bonchev–Trinajstić information content (AvgIpc) is 2.60. The molecule has 1 amide bonds. The molecular weight excluding hydrogens is 247 g/mol. The number of benzene rings is 1. The maximum atomic E-state index is 13.3. The van der Waals surface area contributed by atoms with Crippen LogP contribution in [-0.2, 0) is 0 Å². The molecule has 1 aromatic heterocycles. The van der Waals surface area contributed by atoms with Crippen molar-refractivity contribution < 1.29 is 14.3 Å². The maximum absolute atomic E-state index is 13.3. The summed E-state index contributed by atoms with van der Waals surface area (Å²) >= 11 is 0. The molecule has 0 saturated carbocycles. The van der Waals surface area contributed by atoms with Gasteiger partial charge in [0, 0.05) is 23.1 Å². The van der Waals surface area contributed by atoms with Crippen molar-refractivity contribution in [3.8, 4) is 0 Å². The van der Waals surface area contributed by atoms with Crippen LogP contribution in [0.4, 0.5) is 4.39 Å². The van der Waals surface area contributed by atoms with Crippen LogP contribution in [0.5, 0.6) is 0 Å². The van der Waals surface area contributed by atoms with E-state index in [1.165, 1.54) is 12.1 Å². The van der Waals surface area contributed by atoms with E-state index in [0.717, 1.165) is 0 Å². The molecule has 0 fully saturated rings. The second-order valence-corrected chi connectivity index (χ2v) is 5.31. The van der Waals surface area contributed by atoms with Crippen LogP contribution in [0.3, 0.4) is 0 Å². The van der Waals surface area contributed by atoms with Gasteiger partial charge in [0.1, 0.15) is 5.82 Å². The van der Waals surface area contributed by atoms with Gasteiger partial charge in [-0.2, -0.15) is 0 Å². The van der Waals surface area contributed by atoms with Gasteiger partial charge >= 0.3 is 0 Å². The first-order chi connectivity index (χ1) is 8.78. The minimum atomic E-state index is -0.985. The van der Waals surface area contributed by atoms with Gasteiger partial charge in [-0.15, -0.1) is 0 Å². The van der Waals surface area contributed by atoms with Crippen LogP contribution < -0.4 is 5.32 Å². The molecule has 0 aliphatic heterocycles. The lowest BCUT2D eigenvalue weighted by Gasteiger charge is -2.17. The highest BCUT2D eigenvalue weighted by Gasteiger charge is 2.19. The largest absolute Gasteiger partial charge is 0.389 e. The Morgan fingerprint density at radius 1 is 1.47 bits per heavy atom. The van der Waals surface area contributed by atoms with E-state index < -0.39 is 5.60 Å². The van der Waals surface area contributed by atoms with E-state index in [9.17, 15) is 14.3 Å². The summed E-state index contributed by atoms with van der Waals surface area (Å²) in [4.78, 5) is 15.2. The van der Waals surface area contributed by atoms with Crippen LogP contribution >= 0.6 is 0 Å². The highest BCUT2D eigenvalue weighted by atomic mass is 19.1. The number of aliphatic hydroxyl groups is 1. The van der Waals surface area contributed by atoms with Crippen LogP contribution in [0.25, 0.3) is 10.9 Å².